The molecule has 7 nitrogen and oxygen atoms in total. The Balaban J connectivity index is 1.75. The van der Waals surface area contributed by atoms with Gasteiger partial charge in [0, 0.05) is 24.1 Å². The Hall–Kier alpha value is -3.22. The van der Waals surface area contributed by atoms with E-state index in [2.05, 4.69) is 10.5 Å². The van der Waals surface area contributed by atoms with E-state index in [9.17, 15) is 20.0 Å². The van der Waals surface area contributed by atoms with Gasteiger partial charge in [0.05, 0.1) is 11.1 Å². The summed E-state index contributed by atoms with van der Waals surface area (Å²) >= 11 is 0. The molecule has 0 radical (unpaired) electrons. The first kappa shape index (κ1) is 17.1. The topological polar surface area (TPSA) is 105 Å². The maximum absolute atomic E-state index is 11.7. The zero-order chi connectivity index (χ0) is 17.4. The molecule has 2 N–H and O–H groups in total. The minimum Gasteiger partial charge on any atom is -0.508 e. The molecule has 0 fully saturated rings. The summed E-state index contributed by atoms with van der Waals surface area (Å²) in [7, 11) is 0. The van der Waals surface area contributed by atoms with Crippen LogP contribution in [0.15, 0.2) is 53.6 Å². The summed E-state index contributed by atoms with van der Waals surface area (Å²) in [6.45, 7) is 0. The Morgan fingerprint density at radius 2 is 2.00 bits per heavy atom. The van der Waals surface area contributed by atoms with Gasteiger partial charge in [-0.15, -0.1) is 0 Å². The molecule has 0 aliphatic heterocycles. The van der Waals surface area contributed by atoms with Gasteiger partial charge in [-0.2, -0.15) is 5.10 Å². The van der Waals surface area contributed by atoms with Crippen LogP contribution in [0.25, 0.3) is 0 Å². The Kier molecular flexibility index (Phi) is 6.01. The smallest absolute Gasteiger partial charge is 0.270 e. The molecule has 2 rings (SSSR count). The number of nitro groups is 1. The van der Waals surface area contributed by atoms with E-state index in [1.807, 2.05) is 12.1 Å². The van der Waals surface area contributed by atoms with Gasteiger partial charge in [0.25, 0.3) is 5.69 Å². The van der Waals surface area contributed by atoms with Gasteiger partial charge in [0.15, 0.2) is 0 Å². The lowest BCUT2D eigenvalue weighted by Gasteiger charge is -2.02. The molecule has 2 aromatic rings. The molecule has 0 bridgehead atoms. The van der Waals surface area contributed by atoms with Crippen molar-refractivity contribution >= 4 is 17.8 Å². The van der Waals surface area contributed by atoms with E-state index in [4.69, 9.17) is 0 Å². The average Bonchev–Trinajstić information content (AvgIpc) is 2.57. The summed E-state index contributed by atoms with van der Waals surface area (Å²) in [5, 5.41) is 23.7. The monoisotopic (exact) mass is 327 g/mol. The van der Waals surface area contributed by atoms with Crippen LogP contribution < -0.4 is 5.43 Å². The maximum atomic E-state index is 11.7. The predicted molar refractivity (Wildman–Crippen MR) is 89.9 cm³/mol. The Bertz CT molecular complexity index is 742. The number of phenolic OH excluding ortho intramolecular Hbond substituents is 1. The molecule has 2 aromatic carbocycles. The summed E-state index contributed by atoms with van der Waals surface area (Å²) < 4.78 is 0. The lowest BCUT2D eigenvalue weighted by atomic mass is 10.1. The quantitative estimate of drug-likeness (QED) is 0.463. The molecule has 0 spiro atoms. The van der Waals surface area contributed by atoms with Gasteiger partial charge in [-0.05, 0) is 30.5 Å². The molecule has 0 aliphatic rings. The Morgan fingerprint density at radius 1 is 1.25 bits per heavy atom. The van der Waals surface area contributed by atoms with Crippen molar-refractivity contribution in [3.63, 3.8) is 0 Å². The van der Waals surface area contributed by atoms with Gasteiger partial charge >= 0.3 is 0 Å². The van der Waals surface area contributed by atoms with Crippen molar-refractivity contribution in [2.45, 2.75) is 19.3 Å². The summed E-state index contributed by atoms with van der Waals surface area (Å²) in [6.07, 6.45) is 3.06. The molecule has 0 aliphatic carbocycles. The fraction of sp³-hybridized carbons (Fsp3) is 0.176. The average molecular weight is 327 g/mol. The fourth-order valence-corrected chi connectivity index (χ4v) is 2.07. The van der Waals surface area contributed by atoms with Crippen molar-refractivity contribution in [2.24, 2.45) is 5.10 Å². The van der Waals surface area contributed by atoms with Gasteiger partial charge in [-0.3, -0.25) is 14.9 Å². The number of nitro benzene ring substituents is 1. The van der Waals surface area contributed by atoms with Crippen molar-refractivity contribution in [3.05, 3.63) is 69.8 Å². The van der Waals surface area contributed by atoms with Crippen LogP contribution in [0, 0.1) is 10.1 Å². The molecule has 124 valence electrons. The van der Waals surface area contributed by atoms with Gasteiger partial charge in [0.2, 0.25) is 5.91 Å². The minimum atomic E-state index is -0.487. The van der Waals surface area contributed by atoms with Gasteiger partial charge in [0.1, 0.15) is 5.75 Å². The highest BCUT2D eigenvalue weighted by molar-refractivity contribution is 5.83. The summed E-state index contributed by atoms with van der Waals surface area (Å²) in [6, 6.07) is 12.8. The number of rotatable bonds is 7. The minimum absolute atomic E-state index is 0.0285. The van der Waals surface area contributed by atoms with Crippen LogP contribution >= 0.6 is 0 Å². The second-order valence-electron chi connectivity index (χ2n) is 5.17. The van der Waals surface area contributed by atoms with E-state index in [0.717, 1.165) is 12.0 Å². The van der Waals surface area contributed by atoms with E-state index in [0.29, 0.717) is 18.4 Å². The summed E-state index contributed by atoms with van der Waals surface area (Å²) in [5.41, 5.74) is 3.95. The van der Waals surface area contributed by atoms with E-state index < -0.39 is 4.92 Å². The normalized spacial score (nSPS) is 10.7. The number of phenols is 1. The molecule has 0 saturated heterocycles. The largest absolute Gasteiger partial charge is 0.508 e. The molecule has 0 aromatic heterocycles. The van der Waals surface area contributed by atoms with Crippen LogP contribution in [0.4, 0.5) is 5.69 Å². The molecule has 7 heteroatoms. The van der Waals surface area contributed by atoms with Crippen LogP contribution in [-0.2, 0) is 11.2 Å². The van der Waals surface area contributed by atoms with Crippen molar-refractivity contribution in [1.82, 2.24) is 5.43 Å². The predicted octanol–water partition coefficient (Wildman–Crippen LogP) is 2.77. The van der Waals surface area contributed by atoms with Crippen molar-refractivity contribution < 1.29 is 14.8 Å². The zero-order valence-electron chi connectivity index (χ0n) is 12.9. The van der Waals surface area contributed by atoms with E-state index in [1.54, 1.807) is 24.3 Å². The third-order valence-corrected chi connectivity index (χ3v) is 3.29. The first-order chi connectivity index (χ1) is 11.5. The van der Waals surface area contributed by atoms with Crippen molar-refractivity contribution in [3.8, 4) is 5.75 Å². The molecular weight excluding hydrogens is 310 g/mol. The molecule has 24 heavy (non-hydrogen) atoms. The fourth-order valence-electron chi connectivity index (χ4n) is 2.07. The Morgan fingerprint density at radius 3 is 2.71 bits per heavy atom. The number of aromatic hydroxyl groups is 1. The molecule has 0 saturated carbocycles. The number of carbonyl (C=O) groups is 1. The number of non-ortho nitro benzene ring substituents is 1. The number of hydrazone groups is 1. The standard InChI is InChI=1S/C17H17N3O4/c21-16-9-7-13(8-10-16)3-2-6-17(22)19-18-12-14-4-1-5-15(11-14)20(23)24/h1,4-5,7-12,21H,2-3,6H2,(H,19,22). The Labute approximate surface area is 138 Å². The van der Waals surface area contributed by atoms with Gasteiger partial charge < -0.3 is 5.11 Å². The molecule has 0 heterocycles. The number of hydrogen-bond donors (Lipinski definition) is 2. The number of amides is 1. The second-order valence-corrected chi connectivity index (χ2v) is 5.17. The van der Waals surface area contributed by atoms with Gasteiger partial charge in [-0.1, -0.05) is 24.3 Å². The van der Waals surface area contributed by atoms with Crippen LogP contribution in [0.3, 0.4) is 0 Å². The number of carbonyl (C=O) groups excluding carboxylic acids is 1. The van der Waals surface area contributed by atoms with E-state index >= 15 is 0 Å². The van der Waals surface area contributed by atoms with Crippen molar-refractivity contribution in [1.29, 1.82) is 0 Å². The molecule has 0 atom stereocenters. The summed E-state index contributed by atoms with van der Waals surface area (Å²) in [5.74, 6) is -0.0116. The SMILES string of the molecule is O=C(CCCc1ccc(O)cc1)NN=Cc1cccc([N+](=O)[O-])c1. The maximum Gasteiger partial charge on any atom is 0.270 e. The number of benzene rings is 2. The highest BCUT2D eigenvalue weighted by Crippen LogP contribution is 2.12. The first-order valence-corrected chi connectivity index (χ1v) is 7.39. The number of nitrogens with zero attached hydrogens (tertiary/aromatic N) is 2. The summed E-state index contributed by atoms with van der Waals surface area (Å²) in [4.78, 5) is 21.9. The van der Waals surface area contributed by atoms with E-state index in [-0.39, 0.29) is 17.3 Å². The number of hydrogen-bond acceptors (Lipinski definition) is 5. The highest BCUT2D eigenvalue weighted by Gasteiger charge is 2.04. The van der Waals surface area contributed by atoms with Crippen LogP contribution in [0.2, 0.25) is 0 Å². The lowest BCUT2D eigenvalue weighted by Crippen LogP contribution is -2.17. The van der Waals surface area contributed by atoms with Crippen LogP contribution in [0.1, 0.15) is 24.0 Å². The molecule has 1 amide bonds. The van der Waals surface area contributed by atoms with Crippen LogP contribution in [0.5, 0.6) is 5.75 Å². The third-order valence-electron chi connectivity index (χ3n) is 3.29. The van der Waals surface area contributed by atoms with Crippen LogP contribution in [-0.4, -0.2) is 22.2 Å². The zero-order valence-corrected chi connectivity index (χ0v) is 12.9. The second kappa shape index (κ2) is 8.42. The lowest BCUT2D eigenvalue weighted by molar-refractivity contribution is -0.384. The van der Waals surface area contributed by atoms with Crippen molar-refractivity contribution in [2.75, 3.05) is 0 Å². The highest BCUT2D eigenvalue weighted by atomic mass is 16.6. The first-order valence-electron chi connectivity index (χ1n) is 7.39. The number of nitrogens with one attached hydrogen (secondary N) is 1. The number of aryl methyl sites for hydroxylation is 1. The van der Waals surface area contributed by atoms with Gasteiger partial charge in [-0.25, -0.2) is 5.43 Å². The van der Waals surface area contributed by atoms with E-state index in [1.165, 1.54) is 18.3 Å². The molecular formula is C17H17N3O4. The third kappa shape index (κ3) is 5.53. The molecule has 0 unspecified atom stereocenters.